The summed E-state index contributed by atoms with van der Waals surface area (Å²) in [4.78, 5) is 3.21. The van der Waals surface area contributed by atoms with Crippen molar-refractivity contribution in [3.63, 3.8) is 0 Å². The normalized spacial score (nSPS) is 10.9. The third kappa shape index (κ3) is 3.09. The molecule has 0 aliphatic heterocycles. The Morgan fingerprint density at radius 2 is 2.07 bits per heavy atom. The summed E-state index contributed by atoms with van der Waals surface area (Å²) in [7, 11) is 0. The fourth-order valence-electron chi connectivity index (χ4n) is 0.826. The van der Waals surface area contributed by atoms with Crippen molar-refractivity contribution in [3.05, 3.63) is 23.4 Å². The van der Waals surface area contributed by atoms with Crippen molar-refractivity contribution in [3.8, 4) is 11.9 Å². The summed E-state index contributed by atoms with van der Waals surface area (Å²) in [5.74, 6) is -0.930. The Balaban J connectivity index is 3.08. The lowest BCUT2D eigenvalue weighted by atomic mass is 10.2. The lowest BCUT2D eigenvalue weighted by Crippen LogP contribution is -2.19. The van der Waals surface area contributed by atoms with Crippen molar-refractivity contribution in [2.75, 3.05) is 0 Å². The minimum atomic E-state index is -4.95. The predicted octanol–water partition coefficient (Wildman–Crippen LogP) is 2.32. The van der Waals surface area contributed by atoms with Gasteiger partial charge in [-0.1, -0.05) is 0 Å². The lowest BCUT2D eigenvalue weighted by molar-refractivity contribution is -0.276. The minimum absolute atomic E-state index is 0.228. The van der Waals surface area contributed by atoms with E-state index in [1.54, 1.807) is 0 Å². The maximum Gasteiger partial charge on any atom is 0.574 e. The molecule has 1 aromatic heterocycles. The molecule has 0 spiro atoms. The fraction of sp³-hybridized carbons (Fsp3) is 0.250. The number of nitrogens with zero attached hydrogens (tertiary/aromatic N) is 2. The van der Waals surface area contributed by atoms with Crippen LogP contribution in [0.1, 0.15) is 11.3 Å². The number of halogens is 4. The van der Waals surface area contributed by atoms with Crippen molar-refractivity contribution >= 4 is 0 Å². The van der Waals surface area contributed by atoms with Crippen LogP contribution in [0.2, 0.25) is 0 Å². The molecule has 0 saturated heterocycles. The third-order valence-electron chi connectivity index (χ3n) is 1.39. The molecule has 0 aliphatic carbocycles. The highest BCUT2D eigenvalue weighted by Gasteiger charge is 2.33. The zero-order valence-corrected chi connectivity index (χ0v) is 7.18. The van der Waals surface area contributed by atoms with Crippen LogP contribution >= 0.6 is 0 Å². The number of rotatable bonds is 2. The molecule has 0 aliphatic rings. The number of hydrogen-bond acceptors (Lipinski definition) is 3. The molecule has 0 aromatic carbocycles. The van der Waals surface area contributed by atoms with Gasteiger partial charge in [0.2, 0.25) is 5.88 Å². The number of aromatic nitrogens is 1. The molecule has 3 nitrogen and oxygen atoms in total. The summed E-state index contributed by atoms with van der Waals surface area (Å²) in [5, 5.41) is 8.45. The fourth-order valence-corrected chi connectivity index (χ4v) is 0.826. The molecule has 1 heterocycles. The highest BCUT2D eigenvalue weighted by molar-refractivity contribution is 5.38. The quantitative estimate of drug-likeness (QED) is 0.718. The van der Waals surface area contributed by atoms with Gasteiger partial charge in [-0.3, -0.25) is 0 Å². The van der Waals surface area contributed by atoms with Gasteiger partial charge in [0.1, 0.15) is 18.3 Å². The van der Waals surface area contributed by atoms with Gasteiger partial charge in [-0.25, -0.2) is 9.37 Å². The largest absolute Gasteiger partial charge is 0.574 e. The number of alkyl halides is 4. The van der Waals surface area contributed by atoms with Crippen LogP contribution in [0.5, 0.6) is 5.88 Å². The predicted molar refractivity (Wildman–Crippen MR) is 40.4 cm³/mol. The van der Waals surface area contributed by atoms with Crippen LogP contribution in [0.25, 0.3) is 0 Å². The van der Waals surface area contributed by atoms with Crippen LogP contribution in [0, 0.1) is 11.3 Å². The molecule has 1 rings (SSSR count). The molecule has 0 unspecified atom stereocenters. The van der Waals surface area contributed by atoms with Gasteiger partial charge in [0, 0.05) is 0 Å². The molecule has 0 saturated carbocycles. The first-order valence-electron chi connectivity index (χ1n) is 3.68. The summed E-state index contributed by atoms with van der Waals surface area (Å²) >= 11 is 0. The van der Waals surface area contributed by atoms with Gasteiger partial charge in [-0.05, 0) is 12.1 Å². The van der Waals surface area contributed by atoms with E-state index in [0.717, 1.165) is 12.1 Å². The van der Waals surface area contributed by atoms with Gasteiger partial charge in [0.25, 0.3) is 0 Å². The minimum Gasteiger partial charge on any atom is -0.386 e. The van der Waals surface area contributed by atoms with Gasteiger partial charge < -0.3 is 4.74 Å². The molecular formula is C8H4F4N2O. The second kappa shape index (κ2) is 4.13. The molecule has 1 aromatic rings. The number of pyridine rings is 1. The van der Waals surface area contributed by atoms with Crippen LogP contribution < -0.4 is 4.74 Å². The zero-order chi connectivity index (χ0) is 11.5. The van der Waals surface area contributed by atoms with Gasteiger partial charge >= 0.3 is 6.36 Å². The van der Waals surface area contributed by atoms with Crippen LogP contribution in [0.3, 0.4) is 0 Å². The Kier molecular flexibility index (Phi) is 3.09. The molecule has 0 bridgehead atoms. The molecule has 0 radical (unpaired) electrons. The van der Waals surface area contributed by atoms with E-state index < -0.39 is 24.5 Å². The second-order valence-corrected chi connectivity index (χ2v) is 2.45. The number of hydrogen-bond donors (Lipinski definition) is 0. The van der Waals surface area contributed by atoms with E-state index in [9.17, 15) is 17.6 Å². The van der Waals surface area contributed by atoms with Crippen molar-refractivity contribution < 1.29 is 22.3 Å². The number of nitriles is 1. The van der Waals surface area contributed by atoms with Gasteiger partial charge in [0.15, 0.2) is 0 Å². The molecule has 0 N–H and O–H groups in total. The van der Waals surface area contributed by atoms with Crippen molar-refractivity contribution in [1.29, 1.82) is 5.26 Å². The Morgan fingerprint density at radius 3 is 2.53 bits per heavy atom. The average molecular weight is 220 g/mol. The maximum atomic E-state index is 12.1. The Labute approximate surface area is 81.9 Å². The lowest BCUT2D eigenvalue weighted by Gasteiger charge is -2.09. The van der Waals surface area contributed by atoms with Crippen LogP contribution in [-0.2, 0) is 6.67 Å². The maximum absolute atomic E-state index is 12.1. The Morgan fingerprint density at radius 1 is 1.40 bits per heavy atom. The van der Waals surface area contributed by atoms with Crippen molar-refractivity contribution in [2.45, 2.75) is 13.0 Å². The Bertz CT molecular complexity index is 397. The zero-order valence-electron chi connectivity index (χ0n) is 7.18. The van der Waals surface area contributed by atoms with Gasteiger partial charge in [-0.15, -0.1) is 13.2 Å². The van der Waals surface area contributed by atoms with Crippen LogP contribution in [0.15, 0.2) is 12.1 Å². The summed E-state index contributed by atoms with van der Waals surface area (Å²) in [6.07, 6.45) is -4.95. The topological polar surface area (TPSA) is 45.9 Å². The highest BCUT2D eigenvalue weighted by atomic mass is 19.4. The van der Waals surface area contributed by atoms with E-state index in [1.165, 1.54) is 6.07 Å². The van der Waals surface area contributed by atoms with Gasteiger partial charge in [-0.2, -0.15) is 5.26 Å². The average Bonchev–Trinajstić information content (AvgIpc) is 2.15. The molecule has 0 amide bonds. The molecule has 0 fully saturated rings. The highest BCUT2D eigenvalue weighted by Crippen LogP contribution is 2.24. The van der Waals surface area contributed by atoms with E-state index in [4.69, 9.17) is 5.26 Å². The molecular weight excluding hydrogens is 216 g/mol. The molecule has 7 heteroatoms. The SMILES string of the molecule is N#Cc1ccc(CF)nc1OC(F)(F)F. The summed E-state index contributed by atoms with van der Waals surface area (Å²) < 4.78 is 51.0. The smallest absolute Gasteiger partial charge is 0.386 e. The van der Waals surface area contributed by atoms with Crippen molar-refractivity contribution in [1.82, 2.24) is 4.98 Å². The van der Waals surface area contributed by atoms with Crippen LogP contribution in [0.4, 0.5) is 17.6 Å². The second-order valence-electron chi connectivity index (χ2n) is 2.45. The van der Waals surface area contributed by atoms with E-state index in [1.807, 2.05) is 0 Å². The first-order valence-corrected chi connectivity index (χ1v) is 3.68. The standard InChI is InChI=1S/C8H4F4N2O/c9-3-6-2-1-5(4-13)7(14-6)15-8(10,11)12/h1-2H,3H2. The molecule has 80 valence electrons. The molecule has 0 atom stereocenters. The number of ether oxygens (including phenoxy) is 1. The summed E-state index contributed by atoms with van der Waals surface area (Å²) in [5.41, 5.74) is -0.627. The van der Waals surface area contributed by atoms with Gasteiger partial charge in [0.05, 0.1) is 5.69 Å². The van der Waals surface area contributed by atoms with E-state index in [2.05, 4.69) is 9.72 Å². The van der Waals surface area contributed by atoms with E-state index >= 15 is 0 Å². The summed E-state index contributed by atoms with van der Waals surface area (Å²) in [6, 6.07) is 3.59. The molecule has 15 heavy (non-hydrogen) atoms. The third-order valence-corrected chi connectivity index (χ3v) is 1.39. The first kappa shape index (κ1) is 11.2. The first-order chi connectivity index (χ1) is 6.96. The van der Waals surface area contributed by atoms with E-state index in [-0.39, 0.29) is 5.69 Å². The van der Waals surface area contributed by atoms with E-state index in [0.29, 0.717) is 0 Å². The van der Waals surface area contributed by atoms with Crippen LogP contribution in [-0.4, -0.2) is 11.3 Å². The van der Waals surface area contributed by atoms with Crippen molar-refractivity contribution in [2.24, 2.45) is 0 Å². The Hall–Kier alpha value is -1.84. The summed E-state index contributed by atoms with van der Waals surface area (Å²) in [6.45, 7) is -1.03. The monoisotopic (exact) mass is 220 g/mol.